The molecule has 2 N–H and O–H groups in total. The van der Waals surface area contributed by atoms with E-state index in [2.05, 4.69) is 53.2 Å². The number of benzene rings is 2. The Morgan fingerprint density at radius 2 is 1.85 bits per heavy atom. The lowest BCUT2D eigenvalue weighted by Crippen LogP contribution is -2.21. The average molecular weight is 385 g/mol. The SMILES string of the molecule is CCOc1cc(N(CC)CC)ccc1C=NN=C(N)SCc1ccccc1. The van der Waals surface area contributed by atoms with Gasteiger partial charge < -0.3 is 15.4 Å². The summed E-state index contributed by atoms with van der Waals surface area (Å²) in [6.45, 7) is 8.76. The first-order valence-corrected chi connectivity index (χ1v) is 10.2. The normalized spacial score (nSPS) is 11.7. The van der Waals surface area contributed by atoms with E-state index < -0.39 is 0 Å². The van der Waals surface area contributed by atoms with Crippen LogP contribution >= 0.6 is 11.8 Å². The van der Waals surface area contributed by atoms with Crippen LogP contribution in [0.25, 0.3) is 0 Å². The highest BCUT2D eigenvalue weighted by atomic mass is 32.2. The summed E-state index contributed by atoms with van der Waals surface area (Å²) in [5, 5.41) is 8.66. The number of thioether (sulfide) groups is 1. The molecule has 0 radical (unpaired) electrons. The van der Waals surface area contributed by atoms with E-state index in [0.717, 1.165) is 35.8 Å². The molecule has 2 rings (SSSR count). The second-order valence-electron chi connectivity index (χ2n) is 5.78. The van der Waals surface area contributed by atoms with Crippen molar-refractivity contribution in [2.75, 3.05) is 24.6 Å². The molecule has 0 spiro atoms. The zero-order chi connectivity index (χ0) is 19.5. The Hall–Kier alpha value is -2.47. The molecule has 0 atom stereocenters. The fraction of sp³-hybridized carbons (Fsp3) is 0.333. The zero-order valence-electron chi connectivity index (χ0n) is 16.3. The second kappa shape index (κ2) is 11.3. The quantitative estimate of drug-likeness (QED) is 0.392. The summed E-state index contributed by atoms with van der Waals surface area (Å²) < 4.78 is 5.78. The van der Waals surface area contributed by atoms with Gasteiger partial charge in [-0.15, -0.1) is 5.10 Å². The van der Waals surface area contributed by atoms with E-state index >= 15 is 0 Å². The molecule has 0 heterocycles. The van der Waals surface area contributed by atoms with Gasteiger partial charge in [-0.1, -0.05) is 42.1 Å². The Morgan fingerprint density at radius 1 is 1.11 bits per heavy atom. The maximum atomic E-state index is 5.94. The van der Waals surface area contributed by atoms with E-state index in [-0.39, 0.29) is 0 Å². The second-order valence-corrected chi connectivity index (χ2v) is 6.78. The molecule has 2 aromatic carbocycles. The first kappa shape index (κ1) is 20.8. The summed E-state index contributed by atoms with van der Waals surface area (Å²) in [5.74, 6) is 1.57. The zero-order valence-corrected chi connectivity index (χ0v) is 17.1. The van der Waals surface area contributed by atoms with Gasteiger partial charge in [0.25, 0.3) is 0 Å². The number of nitrogens with two attached hydrogens (primary N) is 1. The van der Waals surface area contributed by atoms with Crippen molar-refractivity contribution < 1.29 is 4.74 Å². The lowest BCUT2D eigenvalue weighted by molar-refractivity contribution is 0.340. The molecule has 0 saturated heterocycles. The predicted octanol–water partition coefficient (Wildman–Crippen LogP) is 4.51. The molecule has 27 heavy (non-hydrogen) atoms. The average Bonchev–Trinajstić information content (AvgIpc) is 2.70. The molecule has 0 unspecified atom stereocenters. The molecule has 5 nitrogen and oxygen atoms in total. The van der Waals surface area contributed by atoms with Crippen LogP contribution < -0.4 is 15.4 Å². The maximum Gasteiger partial charge on any atom is 0.180 e. The first-order chi connectivity index (χ1) is 13.2. The molecule has 0 aliphatic carbocycles. The minimum atomic E-state index is 0.438. The van der Waals surface area contributed by atoms with Crippen molar-refractivity contribution in [1.29, 1.82) is 0 Å². The molecule has 0 fully saturated rings. The van der Waals surface area contributed by atoms with Gasteiger partial charge in [-0.3, -0.25) is 0 Å². The molecule has 0 bridgehead atoms. The van der Waals surface area contributed by atoms with Crippen molar-refractivity contribution >= 4 is 28.8 Å². The summed E-state index contributed by atoms with van der Waals surface area (Å²) >= 11 is 1.47. The Balaban J connectivity index is 2.05. The van der Waals surface area contributed by atoms with Gasteiger partial charge in [-0.05, 0) is 38.5 Å². The van der Waals surface area contributed by atoms with Crippen LogP contribution in [0.4, 0.5) is 5.69 Å². The van der Waals surface area contributed by atoms with E-state index in [0.29, 0.717) is 11.8 Å². The summed E-state index contributed by atoms with van der Waals surface area (Å²) in [5.41, 5.74) is 9.17. The molecule has 144 valence electrons. The molecule has 0 saturated carbocycles. The third-order valence-electron chi connectivity index (χ3n) is 4.01. The highest BCUT2D eigenvalue weighted by Gasteiger charge is 2.07. The molecule has 0 aliphatic heterocycles. The van der Waals surface area contributed by atoms with E-state index in [1.807, 2.05) is 31.2 Å². The lowest BCUT2D eigenvalue weighted by atomic mass is 10.2. The van der Waals surface area contributed by atoms with Crippen molar-refractivity contribution in [3.63, 3.8) is 0 Å². The number of hydrogen-bond donors (Lipinski definition) is 1. The molecule has 0 amide bonds. The number of amidine groups is 1. The monoisotopic (exact) mass is 384 g/mol. The van der Waals surface area contributed by atoms with Gasteiger partial charge >= 0.3 is 0 Å². The lowest BCUT2D eigenvalue weighted by Gasteiger charge is -2.22. The number of ether oxygens (including phenoxy) is 1. The fourth-order valence-corrected chi connectivity index (χ4v) is 3.22. The van der Waals surface area contributed by atoms with Crippen LogP contribution in [-0.2, 0) is 5.75 Å². The molecule has 6 heteroatoms. The van der Waals surface area contributed by atoms with Crippen molar-refractivity contribution in [3.8, 4) is 5.75 Å². The van der Waals surface area contributed by atoms with Crippen LogP contribution in [0.1, 0.15) is 31.9 Å². The summed E-state index contributed by atoms with van der Waals surface area (Å²) in [6, 6.07) is 16.3. The van der Waals surface area contributed by atoms with E-state index in [1.165, 1.54) is 17.3 Å². The van der Waals surface area contributed by atoms with Crippen molar-refractivity contribution in [2.45, 2.75) is 26.5 Å². The summed E-state index contributed by atoms with van der Waals surface area (Å²) in [4.78, 5) is 2.28. The summed E-state index contributed by atoms with van der Waals surface area (Å²) in [7, 11) is 0. The Kier molecular flexibility index (Phi) is 8.71. The van der Waals surface area contributed by atoms with Crippen LogP contribution in [0.15, 0.2) is 58.7 Å². The third kappa shape index (κ3) is 6.64. The summed E-state index contributed by atoms with van der Waals surface area (Å²) in [6.07, 6.45) is 1.69. The van der Waals surface area contributed by atoms with Gasteiger partial charge in [0.1, 0.15) is 5.75 Å². The first-order valence-electron chi connectivity index (χ1n) is 9.22. The van der Waals surface area contributed by atoms with Crippen molar-refractivity contribution in [2.24, 2.45) is 15.9 Å². The van der Waals surface area contributed by atoms with Crippen LogP contribution in [0.2, 0.25) is 0 Å². The van der Waals surface area contributed by atoms with Gasteiger partial charge in [0.05, 0.1) is 12.8 Å². The number of hydrogen-bond acceptors (Lipinski definition) is 5. The third-order valence-corrected chi connectivity index (χ3v) is 4.86. The Morgan fingerprint density at radius 3 is 2.52 bits per heavy atom. The number of anilines is 1. The van der Waals surface area contributed by atoms with Gasteiger partial charge in [-0.25, -0.2) is 0 Å². The van der Waals surface area contributed by atoms with Gasteiger partial charge in [0, 0.05) is 36.2 Å². The minimum absolute atomic E-state index is 0.438. The number of nitrogens with zero attached hydrogens (tertiary/aromatic N) is 3. The smallest absolute Gasteiger partial charge is 0.180 e. The topological polar surface area (TPSA) is 63.2 Å². The van der Waals surface area contributed by atoms with E-state index in [1.54, 1.807) is 6.21 Å². The van der Waals surface area contributed by atoms with Gasteiger partial charge in [-0.2, -0.15) is 5.10 Å². The Bertz CT molecular complexity index is 758. The van der Waals surface area contributed by atoms with Crippen molar-refractivity contribution in [3.05, 3.63) is 59.7 Å². The number of rotatable bonds is 9. The van der Waals surface area contributed by atoms with E-state index in [9.17, 15) is 0 Å². The minimum Gasteiger partial charge on any atom is -0.493 e. The molecular weight excluding hydrogens is 356 g/mol. The van der Waals surface area contributed by atoms with Gasteiger partial charge in [0.2, 0.25) is 0 Å². The van der Waals surface area contributed by atoms with Crippen LogP contribution in [-0.4, -0.2) is 31.1 Å². The highest BCUT2D eigenvalue weighted by Crippen LogP contribution is 2.25. The van der Waals surface area contributed by atoms with E-state index in [4.69, 9.17) is 10.5 Å². The van der Waals surface area contributed by atoms with Crippen LogP contribution in [0.5, 0.6) is 5.75 Å². The molecule has 0 aromatic heterocycles. The maximum absolute atomic E-state index is 5.94. The van der Waals surface area contributed by atoms with Gasteiger partial charge in [0.15, 0.2) is 5.17 Å². The van der Waals surface area contributed by atoms with Crippen molar-refractivity contribution in [1.82, 2.24) is 0 Å². The molecule has 2 aromatic rings. The largest absolute Gasteiger partial charge is 0.493 e. The Labute approximate surface area is 166 Å². The highest BCUT2D eigenvalue weighted by molar-refractivity contribution is 8.13. The predicted molar refractivity (Wildman–Crippen MR) is 118 cm³/mol. The molecular formula is C21H28N4OS. The van der Waals surface area contributed by atoms with Crippen LogP contribution in [0, 0.1) is 0 Å². The molecule has 0 aliphatic rings. The van der Waals surface area contributed by atoms with Crippen LogP contribution in [0.3, 0.4) is 0 Å². The fourth-order valence-electron chi connectivity index (χ4n) is 2.60. The standard InChI is InChI=1S/C21H28N4OS/c1-4-25(5-2)19-13-12-18(20(14-19)26-6-3)15-23-24-21(22)27-16-17-10-8-7-9-11-17/h7-15H,4-6,16H2,1-3H3,(H2,22,24).